The van der Waals surface area contributed by atoms with E-state index in [9.17, 15) is 4.79 Å². The minimum Gasteiger partial charge on any atom is -0.457 e. The van der Waals surface area contributed by atoms with Crippen molar-refractivity contribution in [2.75, 3.05) is 13.1 Å². The van der Waals surface area contributed by atoms with Crippen LogP contribution in [0.2, 0.25) is 0 Å². The maximum Gasteiger partial charge on any atom is 0.332 e. The molecule has 3 rings (SSSR count). The van der Waals surface area contributed by atoms with Gasteiger partial charge in [0.05, 0.1) is 5.92 Å². The highest BCUT2D eigenvalue weighted by atomic mass is 16.7. The van der Waals surface area contributed by atoms with Gasteiger partial charge < -0.3 is 9.57 Å². The molecule has 0 aromatic heterocycles. The van der Waals surface area contributed by atoms with Crippen LogP contribution in [-0.4, -0.2) is 24.1 Å². The summed E-state index contributed by atoms with van der Waals surface area (Å²) in [6, 6.07) is 17.2. The number of para-hydroxylation sites is 1. The first kappa shape index (κ1) is 16.5. The van der Waals surface area contributed by atoms with E-state index >= 15 is 0 Å². The molecule has 1 fully saturated rings. The number of hydrogen-bond donors (Lipinski definition) is 0. The molecule has 24 heavy (non-hydrogen) atoms. The van der Waals surface area contributed by atoms with E-state index in [1.54, 1.807) is 5.06 Å². The Balaban J connectivity index is 1.64. The van der Waals surface area contributed by atoms with Crippen molar-refractivity contribution in [2.24, 2.45) is 0 Å². The van der Waals surface area contributed by atoms with Gasteiger partial charge in [-0.15, -0.1) is 5.06 Å². The van der Waals surface area contributed by atoms with Gasteiger partial charge in [-0.1, -0.05) is 36.8 Å². The van der Waals surface area contributed by atoms with Crippen LogP contribution in [0.15, 0.2) is 54.6 Å². The van der Waals surface area contributed by atoms with Gasteiger partial charge in [0, 0.05) is 13.1 Å². The molecule has 1 atom stereocenters. The molecule has 2 aromatic carbocycles. The van der Waals surface area contributed by atoms with Crippen LogP contribution in [0.1, 0.15) is 37.7 Å². The van der Waals surface area contributed by atoms with Gasteiger partial charge in [0.2, 0.25) is 0 Å². The van der Waals surface area contributed by atoms with Crippen molar-refractivity contribution in [3.8, 4) is 11.5 Å². The lowest BCUT2D eigenvalue weighted by atomic mass is 10.0. The molecule has 1 aliphatic rings. The van der Waals surface area contributed by atoms with E-state index in [1.165, 1.54) is 6.42 Å². The molecule has 2 aromatic rings. The van der Waals surface area contributed by atoms with Crippen molar-refractivity contribution >= 4 is 5.97 Å². The third-order valence-corrected chi connectivity index (χ3v) is 4.22. The van der Waals surface area contributed by atoms with Crippen LogP contribution in [0, 0.1) is 0 Å². The van der Waals surface area contributed by atoms with E-state index in [2.05, 4.69) is 0 Å². The van der Waals surface area contributed by atoms with E-state index in [0.29, 0.717) is 0 Å². The molecule has 1 saturated heterocycles. The highest BCUT2D eigenvalue weighted by molar-refractivity contribution is 5.77. The van der Waals surface area contributed by atoms with Gasteiger partial charge in [0.25, 0.3) is 0 Å². The second-order valence-corrected chi connectivity index (χ2v) is 6.11. The normalized spacial score (nSPS) is 16.4. The smallest absolute Gasteiger partial charge is 0.332 e. The number of hydrogen-bond acceptors (Lipinski definition) is 4. The number of hydroxylamine groups is 2. The number of nitrogens with zero attached hydrogens (tertiary/aromatic N) is 1. The monoisotopic (exact) mass is 325 g/mol. The number of carbonyl (C=O) groups excluding carboxylic acids is 1. The minimum absolute atomic E-state index is 0.214. The Morgan fingerprint density at radius 1 is 0.958 bits per heavy atom. The maximum absolute atomic E-state index is 12.4. The van der Waals surface area contributed by atoms with E-state index in [4.69, 9.17) is 9.57 Å². The van der Waals surface area contributed by atoms with Crippen molar-refractivity contribution in [2.45, 2.75) is 32.1 Å². The fourth-order valence-corrected chi connectivity index (χ4v) is 2.77. The van der Waals surface area contributed by atoms with Crippen LogP contribution >= 0.6 is 0 Å². The number of carbonyl (C=O) groups is 1. The molecule has 0 N–H and O–H groups in total. The van der Waals surface area contributed by atoms with Crippen molar-refractivity contribution in [1.29, 1.82) is 0 Å². The fraction of sp³-hybridized carbons (Fsp3) is 0.350. The lowest BCUT2D eigenvalue weighted by Crippen LogP contribution is -2.33. The van der Waals surface area contributed by atoms with Crippen LogP contribution in [0.3, 0.4) is 0 Å². The fourth-order valence-electron chi connectivity index (χ4n) is 2.77. The minimum atomic E-state index is -0.328. The summed E-state index contributed by atoms with van der Waals surface area (Å²) < 4.78 is 5.84. The Morgan fingerprint density at radius 2 is 1.67 bits per heavy atom. The first-order valence-electron chi connectivity index (χ1n) is 8.52. The largest absolute Gasteiger partial charge is 0.457 e. The third-order valence-electron chi connectivity index (χ3n) is 4.22. The Morgan fingerprint density at radius 3 is 2.42 bits per heavy atom. The molecule has 4 nitrogen and oxygen atoms in total. The zero-order valence-electron chi connectivity index (χ0n) is 14.0. The number of rotatable bonds is 5. The van der Waals surface area contributed by atoms with E-state index in [0.717, 1.165) is 43.0 Å². The first-order valence-corrected chi connectivity index (χ1v) is 8.52. The van der Waals surface area contributed by atoms with Crippen molar-refractivity contribution in [3.05, 3.63) is 60.2 Å². The summed E-state index contributed by atoms with van der Waals surface area (Å²) in [7, 11) is 0. The molecule has 1 unspecified atom stereocenters. The standard InChI is InChI=1S/C20H23NO3/c1-16(20(22)24-21-13-6-3-7-14-21)17-9-8-12-19(15-17)23-18-10-4-2-5-11-18/h2,4-5,8-12,15-16H,3,6-7,13-14H2,1H3. The molecule has 0 amide bonds. The number of ether oxygens (including phenoxy) is 1. The van der Waals surface area contributed by atoms with Crippen LogP contribution < -0.4 is 4.74 Å². The predicted molar refractivity (Wildman–Crippen MR) is 92.9 cm³/mol. The van der Waals surface area contributed by atoms with Gasteiger partial charge in [-0.05, 0) is 49.6 Å². The van der Waals surface area contributed by atoms with Crippen LogP contribution in [0.5, 0.6) is 11.5 Å². The molecular weight excluding hydrogens is 302 g/mol. The molecule has 126 valence electrons. The molecule has 0 bridgehead atoms. The highest BCUT2D eigenvalue weighted by Gasteiger charge is 2.22. The van der Waals surface area contributed by atoms with E-state index in [1.807, 2.05) is 61.5 Å². The average Bonchev–Trinajstić information content (AvgIpc) is 2.63. The molecule has 0 spiro atoms. The summed E-state index contributed by atoms with van der Waals surface area (Å²) >= 11 is 0. The molecular formula is C20H23NO3. The molecule has 1 aliphatic heterocycles. The molecule has 0 saturated carbocycles. The van der Waals surface area contributed by atoms with Crippen LogP contribution in [0.4, 0.5) is 0 Å². The van der Waals surface area contributed by atoms with Crippen molar-refractivity contribution in [1.82, 2.24) is 5.06 Å². The van der Waals surface area contributed by atoms with E-state index < -0.39 is 0 Å². The van der Waals surface area contributed by atoms with Gasteiger partial charge in [-0.25, -0.2) is 4.79 Å². The van der Waals surface area contributed by atoms with E-state index in [-0.39, 0.29) is 11.9 Å². The van der Waals surface area contributed by atoms with Crippen molar-refractivity contribution in [3.63, 3.8) is 0 Å². The second kappa shape index (κ2) is 7.97. The second-order valence-electron chi connectivity index (χ2n) is 6.11. The molecule has 4 heteroatoms. The Bertz CT molecular complexity index is 666. The zero-order chi connectivity index (χ0) is 16.8. The average molecular weight is 325 g/mol. The predicted octanol–water partition coefficient (Wildman–Crippen LogP) is 4.53. The summed E-state index contributed by atoms with van der Waals surface area (Å²) in [6.45, 7) is 3.53. The SMILES string of the molecule is CC(C(=O)ON1CCCCC1)c1cccc(Oc2ccccc2)c1. The molecule has 0 aliphatic carbocycles. The summed E-state index contributed by atoms with van der Waals surface area (Å²) in [5.74, 6) is 0.953. The summed E-state index contributed by atoms with van der Waals surface area (Å²) in [4.78, 5) is 17.9. The highest BCUT2D eigenvalue weighted by Crippen LogP contribution is 2.26. The third kappa shape index (κ3) is 4.36. The zero-order valence-corrected chi connectivity index (χ0v) is 14.0. The summed E-state index contributed by atoms with van der Waals surface area (Å²) in [5, 5.41) is 1.78. The Labute approximate surface area is 143 Å². The maximum atomic E-state index is 12.4. The first-order chi connectivity index (χ1) is 11.7. The van der Waals surface area contributed by atoms with Gasteiger partial charge >= 0.3 is 5.97 Å². The molecule has 0 radical (unpaired) electrons. The number of piperidine rings is 1. The Hall–Kier alpha value is -2.33. The molecule has 1 heterocycles. The Kier molecular flexibility index (Phi) is 5.49. The summed E-state index contributed by atoms with van der Waals surface area (Å²) in [6.07, 6.45) is 3.38. The summed E-state index contributed by atoms with van der Waals surface area (Å²) in [5.41, 5.74) is 0.894. The van der Waals surface area contributed by atoms with Gasteiger partial charge in [0.1, 0.15) is 11.5 Å². The van der Waals surface area contributed by atoms with Crippen molar-refractivity contribution < 1.29 is 14.4 Å². The van der Waals surface area contributed by atoms with Gasteiger partial charge in [-0.3, -0.25) is 0 Å². The van der Waals surface area contributed by atoms with Crippen LogP contribution in [0.25, 0.3) is 0 Å². The number of benzene rings is 2. The topological polar surface area (TPSA) is 38.8 Å². The lowest BCUT2D eigenvalue weighted by molar-refractivity contribution is -0.195. The van der Waals surface area contributed by atoms with Gasteiger partial charge in [0.15, 0.2) is 0 Å². The van der Waals surface area contributed by atoms with Crippen LogP contribution in [-0.2, 0) is 9.63 Å². The van der Waals surface area contributed by atoms with Gasteiger partial charge in [-0.2, -0.15) is 0 Å². The quantitative estimate of drug-likeness (QED) is 0.810. The lowest BCUT2D eigenvalue weighted by Gasteiger charge is -2.26.